The second-order valence-corrected chi connectivity index (χ2v) is 12.7. The summed E-state index contributed by atoms with van der Waals surface area (Å²) >= 11 is 6.72. The van der Waals surface area contributed by atoms with E-state index in [2.05, 4.69) is 0 Å². The zero-order valence-electron chi connectivity index (χ0n) is 24.6. The number of nitrogens with zero attached hydrogens (tertiary/aromatic N) is 2. The van der Waals surface area contributed by atoms with Crippen molar-refractivity contribution in [1.82, 2.24) is 0 Å². The number of fused-ring (bicyclic) bond motifs is 4. The highest BCUT2D eigenvalue weighted by Gasteiger charge is 2.62. The highest BCUT2D eigenvalue weighted by atomic mass is 35.5. The summed E-state index contributed by atoms with van der Waals surface area (Å²) < 4.78 is 0. The Bertz CT molecular complexity index is 1730. The molecule has 2 heterocycles. The third-order valence-electron chi connectivity index (χ3n) is 10.2. The van der Waals surface area contributed by atoms with Crippen LogP contribution in [0.3, 0.4) is 0 Å². The van der Waals surface area contributed by atoms with Gasteiger partial charge in [-0.2, -0.15) is 0 Å². The van der Waals surface area contributed by atoms with Crippen LogP contribution < -0.4 is 9.80 Å². The number of anilines is 2. The minimum absolute atomic E-state index is 0.00638. The SMILES string of the molecule is CCc1ccc(N2C(=O)[C@H]3[C@H](CC=C4[C@H]3C[C@H]3C(=O)N(c5ccc(CC)cc5)C(=O)[C@H]3[C@H]4c3ccc(O)cc3Cl)C2=O)cc1. The third-order valence-corrected chi connectivity index (χ3v) is 10.5. The van der Waals surface area contributed by atoms with Crippen LogP contribution in [0.1, 0.15) is 49.3 Å². The number of rotatable bonds is 5. The summed E-state index contributed by atoms with van der Waals surface area (Å²) in [5.74, 6) is -4.69. The predicted octanol–water partition coefficient (Wildman–Crippen LogP) is 6.22. The zero-order valence-corrected chi connectivity index (χ0v) is 25.3. The molecule has 0 unspecified atom stereocenters. The topological polar surface area (TPSA) is 95.0 Å². The molecule has 1 saturated carbocycles. The first-order chi connectivity index (χ1) is 21.2. The van der Waals surface area contributed by atoms with Crippen LogP contribution in [0.25, 0.3) is 0 Å². The number of carbonyl (C=O) groups is 4. The van der Waals surface area contributed by atoms with Crippen LogP contribution >= 0.6 is 11.6 Å². The predicted molar refractivity (Wildman–Crippen MR) is 167 cm³/mol. The van der Waals surface area contributed by atoms with E-state index in [1.54, 1.807) is 18.2 Å². The number of aryl methyl sites for hydroxylation is 2. The summed E-state index contributed by atoms with van der Waals surface area (Å²) in [6.07, 6.45) is 4.33. The summed E-state index contributed by atoms with van der Waals surface area (Å²) in [4.78, 5) is 58.9. The van der Waals surface area contributed by atoms with Gasteiger partial charge in [-0.1, -0.05) is 67.4 Å². The highest BCUT2D eigenvalue weighted by Crippen LogP contribution is 2.59. The lowest BCUT2D eigenvalue weighted by Crippen LogP contribution is -2.43. The minimum Gasteiger partial charge on any atom is -0.508 e. The lowest BCUT2D eigenvalue weighted by atomic mass is 9.57. The summed E-state index contributed by atoms with van der Waals surface area (Å²) in [6.45, 7) is 4.09. The normalized spacial score (nSPS) is 27.8. The molecular weight excluding hydrogens is 576 g/mol. The van der Waals surface area contributed by atoms with Crippen LogP contribution in [0.2, 0.25) is 5.02 Å². The van der Waals surface area contributed by atoms with Crippen molar-refractivity contribution in [2.75, 3.05) is 9.80 Å². The lowest BCUT2D eigenvalue weighted by molar-refractivity contribution is -0.126. The number of hydrogen-bond donors (Lipinski definition) is 1. The standard InChI is InChI=1S/C36H33ClN2O5/c1-3-19-5-9-21(10-6-19)38-33(41)26-16-15-24-27(31(26)35(38)43)18-28-32(30(24)25-14-13-23(40)17-29(25)37)36(44)39(34(28)42)22-11-7-20(4-2)8-12-22/h5-15,17,26-28,30-32,40H,3-4,16,18H2,1-2H3/t26-,27+,28+,30+,31-,32+/m0/s1. The quantitative estimate of drug-likeness (QED) is 0.274. The van der Waals surface area contributed by atoms with Crippen molar-refractivity contribution >= 4 is 46.6 Å². The van der Waals surface area contributed by atoms with Gasteiger partial charge in [0.05, 0.1) is 35.0 Å². The van der Waals surface area contributed by atoms with Crippen LogP contribution in [-0.2, 0) is 32.0 Å². The molecule has 3 fully saturated rings. The highest BCUT2D eigenvalue weighted by molar-refractivity contribution is 6.32. The van der Waals surface area contributed by atoms with Gasteiger partial charge >= 0.3 is 0 Å². The monoisotopic (exact) mass is 608 g/mol. The Hall–Kier alpha value is -4.23. The van der Waals surface area contributed by atoms with Crippen molar-refractivity contribution < 1.29 is 24.3 Å². The molecule has 0 aromatic heterocycles. The Balaban J connectivity index is 1.32. The molecule has 2 aliphatic heterocycles. The van der Waals surface area contributed by atoms with Gasteiger partial charge in [-0.05, 0) is 84.7 Å². The number of phenols is 1. The Kier molecular flexibility index (Phi) is 6.96. The van der Waals surface area contributed by atoms with Gasteiger partial charge in [0.25, 0.3) is 0 Å². The molecule has 4 amide bonds. The minimum atomic E-state index is -0.723. The van der Waals surface area contributed by atoms with E-state index in [-0.39, 0.29) is 34.4 Å². The Labute approximate surface area is 261 Å². The molecule has 4 aliphatic rings. The average molecular weight is 609 g/mol. The van der Waals surface area contributed by atoms with E-state index in [0.717, 1.165) is 29.5 Å². The first-order valence-electron chi connectivity index (χ1n) is 15.3. The van der Waals surface area contributed by atoms with Crippen molar-refractivity contribution in [3.63, 3.8) is 0 Å². The van der Waals surface area contributed by atoms with E-state index < -0.39 is 35.5 Å². The number of aromatic hydroxyl groups is 1. The van der Waals surface area contributed by atoms with Gasteiger partial charge in [0, 0.05) is 10.9 Å². The van der Waals surface area contributed by atoms with Gasteiger partial charge < -0.3 is 5.11 Å². The number of amides is 4. The third kappa shape index (κ3) is 4.24. The van der Waals surface area contributed by atoms with Crippen LogP contribution in [-0.4, -0.2) is 28.7 Å². The number of hydrogen-bond acceptors (Lipinski definition) is 5. The maximum atomic E-state index is 14.2. The summed E-state index contributed by atoms with van der Waals surface area (Å²) in [5, 5.41) is 10.4. The molecule has 0 radical (unpaired) electrons. The van der Waals surface area contributed by atoms with E-state index in [1.165, 1.54) is 21.9 Å². The second-order valence-electron chi connectivity index (χ2n) is 12.3. The van der Waals surface area contributed by atoms with Crippen LogP contribution in [0.15, 0.2) is 78.4 Å². The molecule has 3 aromatic rings. The molecule has 7 rings (SSSR count). The maximum absolute atomic E-state index is 14.2. The number of benzene rings is 3. The van der Waals surface area contributed by atoms with E-state index in [0.29, 0.717) is 29.8 Å². The van der Waals surface area contributed by atoms with Gasteiger partial charge in [0.2, 0.25) is 23.6 Å². The van der Waals surface area contributed by atoms with Crippen molar-refractivity contribution in [3.8, 4) is 5.75 Å². The van der Waals surface area contributed by atoms with Gasteiger partial charge in [-0.15, -0.1) is 0 Å². The van der Waals surface area contributed by atoms with Crippen molar-refractivity contribution in [2.24, 2.45) is 29.6 Å². The van der Waals surface area contributed by atoms with Crippen molar-refractivity contribution in [1.29, 1.82) is 0 Å². The van der Waals surface area contributed by atoms with Gasteiger partial charge in [0.15, 0.2) is 0 Å². The Morgan fingerprint density at radius 1 is 0.705 bits per heavy atom. The average Bonchev–Trinajstić information content (AvgIpc) is 3.44. The molecule has 44 heavy (non-hydrogen) atoms. The molecule has 2 saturated heterocycles. The van der Waals surface area contributed by atoms with Crippen molar-refractivity contribution in [2.45, 2.75) is 45.4 Å². The fraction of sp³-hybridized carbons (Fsp3) is 0.333. The number of imide groups is 2. The van der Waals surface area contributed by atoms with E-state index in [1.807, 2.05) is 56.3 Å². The number of carbonyl (C=O) groups excluding carboxylic acids is 4. The van der Waals surface area contributed by atoms with E-state index >= 15 is 0 Å². The van der Waals surface area contributed by atoms with Gasteiger partial charge in [0.1, 0.15) is 5.75 Å². The Morgan fingerprint density at radius 3 is 1.80 bits per heavy atom. The lowest BCUT2D eigenvalue weighted by Gasteiger charge is -2.44. The summed E-state index contributed by atoms with van der Waals surface area (Å²) in [6, 6.07) is 19.6. The van der Waals surface area contributed by atoms with Crippen LogP contribution in [0, 0.1) is 29.6 Å². The number of allylic oxidation sites excluding steroid dienone is 2. The van der Waals surface area contributed by atoms with Crippen molar-refractivity contribution in [3.05, 3.63) is 100 Å². The first-order valence-corrected chi connectivity index (χ1v) is 15.7. The molecule has 6 atom stereocenters. The van der Waals surface area contributed by atoms with Gasteiger partial charge in [-0.25, -0.2) is 0 Å². The van der Waals surface area contributed by atoms with E-state index in [4.69, 9.17) is 11.6 Å². The fourth-order valence-electron chi connectivity index (χ4n) is 7.98. The molecule has 8 heteroatoms. The molecular formula is C36H33ClN2O5. The largest absolute Gasteiger partial charge is 0.508 e. The molecule has 3 aromatic carbocycles. The van der Waals surface area contributed by atoms with Gasteiger partial charge in [-0.3, -0.25) is 29.0 Å². The second kappa shape index (κ2) is 10.7. The summed E-state index contributed by atoms with van der Waals surface area (Å²) in [7, 11) is 0. The molecule has 0 bridgehead atoms. The first kappa shape index (κ1) is 28.5. The van der Waals surface area contributed by atoms with Crippen LogP contribution in [0.5, 0.6) is 5.75 Å². The smallest absolute Gasteiger partial charge is 0.238 e. The molecule has 1 N–H and O–H groups in total. The molecule has 2 aliphatic carbocycles. The Morgan fingerprint density at radius 2 is 1.25 bits per heavy atom. The zero-order chi connectivity index (χ0) is 30.9. The fourth-order valence-corrected chi connectivity index (χ4v) is 8.27. The van der Waals surface area contributed by atoms with E-state index in [9.17, 15) is 24.3 Å². The maximum Gasteiger partial charge on any atom is 0.238 e. The molecule has 0 spiro atoms. The molecule has 7 nitrogen and oxygen atoms in total. The van der Waals surface area contributed by atoms with Crippen LogP contribution in [0.4, 0.5) is 11.4 Å². The summed E-state index contributed by atoms with van der Waals surface area (Å²) in [5.41, 5.74) is 4.77. The number of phenolic OH excluding ortho intramolecular Hbond substituents is 1. The molecule has 224 valence electrons. The number of halogens is 1.